The van der Waals surface area contributed by atoms with Crippen molar-refractivity contribution in [1.82, 2.24) is 5.32 Å². The van der Waals surface area contributed by atoms with Crippen LogP contribution in [-0.2, 0) is 6.42 Å². The highest BCUT2D eigenvalue weighted by atomic mass is 14.9. The SMILES string of the molecule is CCCCCCCCCCCC[N]c1ccccc1-c1ccccc1CCCCCCCCCCCC. The van der Waals surface area contributed by atoms with Gasteiger partial charge in [0, 0.05) is 12.1 Å². The van der Waals surface area contributed by atoms with E-state index in [-0.39, 0.29) is 0 Å². The third kappa shape index (κ3) is 14.7. The van der Waals surface area contributed by atoms with E-state index in [2.05, 4.69) is 62.4 Å². The molecule has 2 rings (SSSR count). The molecule has 1 nitrogen and oxygen atoms in total. The molecule has 1 radical (unpaired) electrons. The summed E-state index contributed by atoms with van der Waals surface area (Å²) in [6.45, 7) is 5.54. The van der Waals surface area contributed by atoms with Crippen LogP contribution >= 0.6 is 0 Å². The van der Waals surface area contributed by atoms with Crippen LogP contribution in [0.1, 0.15) is 148 Å². The highest BCUT2D eigenvalue weighted by Gasteiger charge is 2.10. The minimum absolute atomic E-state index is 0.953. The summed E-state index contributed by atoms with van der Waals surface area (Å²) < 4.78 is 0. The second-order valence-electron chi connectivity index (χ2n) is 11.2. The van der Waals surface area contributed by atoms with Gasteiger partial charge in [-0.15, -0.1) is 0 Å². The van der Waals surface area contributed by atoms with E-state index in [1.54, 1.807) is 0 Å². The van der Waals surface area contributed by atoms with E-state index < -0.39 is 0 Å². The lowest BCUT2D eigenvalue weighted by Crippen LogP contribution is -2.02. The fourth-order valence-electron chi connectivity index (χ4n) is 5.44. The molecule has 2 aromatic rings. The largest absolute Gasteiger partial charge is 0.285 e. The molecule has 37 heavy (non-hydrogen) atoms. The van der Waals surface area contributed by atoms with Crippen LogP contribution in [0.3, 0.4) is 0 Å². The standard InChI is InChI=1S/C36H58N/c1-3-5-7-9-11-13-15-17-19-21-27-33-28-22-23-29-34(33)35-30-24-25-31-36(35)37-32-26-20-18-16-14-12-10-8-6-4-2/h22-25,28-31H,3-21,26-27,32H2,1-2H3. The summed E-state index contributed by atoms with van der Waals surface area (Å²) in [4.78, 5) is 0. The fourth-order valence-corrected chi connectivity index (χ4v) is 5.44. The van der Waals surface area contributed by atoms with Gasteiger partial charge >= 0.3 is 0 Å². The van der Waals surface area contributed by atoms with Gasteiger partial charge in [0.05, 0.1) is 5.69 Å². The number of aryl methyl sites for hydroxylation is 1. The first kappa shape index (κ1) is 31.5. The number of unbranched alkanes of at least 4 members (excludes halogenated alkanes) is 18. The topological polar surface area (TPSA) is 14.1 Å². The molecular formula is C36H58N. The van der Waals surface area contributed by atoms with Crippen molar-refractivity contribution < 1.29 is 0 Å². The Morgan fingerprint density at radius 3 is 1.43 bits per heavy atom. The number of para-hydroxylation sites is 1. The van der Waals surface area contributed by atoms with Crippen LogP contribution in [-0.4, -0.2) is 6.54 Å². The first-order chi connectivity index (χ1) is 18.4. The van der Waals surface area contributed by atoms with Crippen LogP contribution < -0.4 is 5.32 Å². The van der Waals surface area contributed by atoms with Crippen molar-refractivity contribution in [2.45, 2.75) is 149 Å². The van der Waals surface area contributed by atoms with Gasteiger partial charge < -0.3 is 0 Å². The molecule has 0 fully saturated rings. The zero-order chi connectivity index (χ0) is 26.2. The highest BCUT2D eigenvalue weighted by molar-refractivity contribution is 5.77. The molecule has 0 N–H and O–H groups in total. The Bertz CT molecular complexity index is 780. The summed E-state index contributed by atoms with van der Waals surface area (Å²) >= 11 is 0. The molecular weight excluding hydrogens is 446 g/mol. The molecule has 0 aliphatic heterocycles. The quantitative estimate of drug-likeness (QED) is 0.126. The molecule has 0 aliphatic carbocycles. The predicted octanol–water partition coefficient (Wildman–Crippen LogP) is 12.0. The molecule has 1 heteroatoms. The predicted molar refractivity (Wildman–Crippen MR) is 166 cm³/mol. The summed E-state index contributed by atoms with van der Waals surface area (Å²) in [6, 6.07) is 17.8. The van der Waals surface area contributed by atoms with E-state index >= 15 is 0 Å². The lowest BCUT2D eigenvalue weighted by Gasteiger charge is -2.14. The average molecular weight is 505 g/mol. The second kappa shape index (κ2) is 22.2. The van der Waals surface area contributed by atoms with Gasteiger partial charge in [-0.05, 0) is 36.5 Å². The maximum Gasteiger partial charge on any atom is 0.0652 e. The van der Waals surface area contributed by atoms with Gasteiger partial charge in [-0.3, -0.25) is 5.32 Å². The van der Waals surface area contributed by atoms with Crippen molar-refractivity contribution in [2.75, 3.05) is 6.54 Å². The summed E-state index contributed by atoms with van der Waals surface area (Å²) in [7, 11) is 0. The Balaban J connectivity index is 1.69. The van der Waals surface area contributed by atoms with Crippen molar-refractivity contribution >= 4 is 5.69 Å². The first-order valence-electron chi connectivity index (χ1n) is 16.2. The Morgan fingerprint density at radius 2 is 0.865 bits per heavy atom. The van der Waals surface area contributed by atoms with Crippen LogP contribution in [0.5, 0.6) is 0 Å². The number of hydrogen-bond acceptors (Lipinski definition) is 0. The molecule has 0 aliphatic rings. The third-order valence-electron chi connectivity index (χ3n) is 7.81. The summed E-state index contributed by atoms with van der Waals surface area (Å²) in [6.07, 6.45) is 28.9. The van der Waals surface area contributed by atoms with Crippen molar-refractivity contribution in [3.05, 3.63) is 54.1 Å². The van der Waals surface area contributed by atoms with Gasteiger partial charge in [-0.1, -0.05) is 172 Å². The molecule has 0 bridgehead atoms. The van der Waals surface area contributed by atoms with E-state index in [1.807, 2.05) is 0 Å². The van der Waals surface area contributed by atoms with Crippen LogP contribution in [0, 0.1) is 0 Å². The van der Waals surface area contributed by atoms with Gasteiger partial charge in [0.1, 0.15) is 0 Å². The van der Waals surface area contributed by atoms with Gasteiger partial charge in [0.25, 0.3) is 0 Å². The minimum Gasteiger partial charge on any atom is -0.285 e. The Hall–Kier alpha value is -1.76. The van der Waals surface area contributed by atoms with Crippen molar-refractivity contribution in [3.63, 3.8) is 0 Å². The molecule has 0 amide bonds. The highest BCUT2D eigenvalue weighted by Crippen LogP contribution is 2.32. The Labute approximate surface area is 231 Å². The lowest BCUT2D eigenvalue weighted by atomic mass is 9.94. The van der Waals surface area contributed by atoms with E-state index in [0.717, 1.165) is 6.54 Å². The zero-order valence-electron chi connectivity index (χ0n) is 24.6. The molecule has 0 saturated heterocycles. The smallest absolute Gasteiger partial charge is 0.0652 e. The molecule has 0 spiro atoms. The molecule has 2 aromatic carbocycles. The molecule has 0 atom stereocenters. The van der Waals surface area contributed by atoms with E-state index in [0.29, 0.717) is 0 Å². The van der Waals surface area contributed by atoms with Gasteiger partial charge in [0.2, 0.25) is 0 Å². The second-order valence-corrected chi connectivity index (χ2v) is 11.2. The Kier molecular flexibility index (Phi) is 18.9. The van der Waals surface area contributed by atoms with Gasteiger partial charge in [-0.25, -0.2) is 0 Å². The number of benzene rings is 2. The minimum atomic E-state index is 0.953. The van der Waals surface area contributed by atoms with Crippen LogP contribution in [0.4, 0.5) is 5.69 Å². The number of hydrogen-bond donors (Lipinski definition) is 0. The fraction of sp³-hybridized carbons (Fsp3) is 0.667. The molecule has 0 unspecified atom stereocenters. The zero-order valence-corrected chi connectivity index (χ0v) is 24.6. The van der Waals surface area contributed by atoms with Crippen molar-refractivity contribution in [1.29, 1.82) is 0 Å². The van der Waals surface area contributed by atoms with Gasteiger partial charge in [-0.2, -0.15) is 0 Å². The monoisotopic (exact) mass is 504 g/mol. The van der Waals surface area contributed by atoms with Crippen LogP contribution in [0.2, 0.25) is 0 Å². The number of nitrogens with zero attached hydrogens (tertiary/aromatic N) is 1. The lowest BCUT2D eigenvalue weighted by molar-refractivity contribution is 0.553. The summed E-state index contributed by atoms with van der Waals surface area (Å²) in [5.41, 5.74) is 5.37. The van der Waals surface area contributed by atoms with Crippen molar-refractivity contribution in [3.8, 4) is 11.1 Å². The maximum absolute atomic E-state index is 5.05. The number of rotatable bonds is 24. The van der Waals surface area contributed by atoms with E-state index in [9.17, 15) is 0 Å². The maximum atomic E-state index is 5.05. The molecule has 207 valence electrons. The first-order valence-corrected chi connectivity index (χ1v) is 16.2. The van der Waals surface area contributed by atoms with E-state index in [4.69, 9.17) is 5.32 Å². The summed E-state index contributed by atoms with van der Waals surface area (Å²) in [5.74, 6) is 0. The molecule has 0 heterocycles. The van der Waals surface area contributed by atoms with Crippen LogP contribution in [0.15, 0.2) is 48.5 Å². The van der Waals surface area contributed by atoms with Gasteiger partial charge in [0.15, 0.2) is 0 Å². The van der Waals surface area contributed by atoms with Crippen LogP contribution in [0.25, 0.3) is 11.1 Å². The third-order valence-corrected chi connectivity index (χ3v) is 7.81. The van der Waals surface area contributed by atoms with E-state index in [1.165, 1.54) is 157 Å². The normalized spacial score (nSPS) is 11.2. The summed E-state index contributed by atoms with van der Waals surface area (Å²) in [5, 5.41) is 5.05. The Morgan fingerprint density at radius 1 is 0.432 bits per heavy atom. The van der Waals surface area contributed by atoms with Crippen molar-refractivity contribution in [2.24, 2.45) is 0 Å². The average Bonchev–Trinajstić information content (AvgIpc) is 2.93. The molecule has 0 aromatic heterocycles. The molecule has 0 saturated carbocycles.